The number of H-pyrrole nitrogens is 1. The molecule has 0 unspecified atom stereocenters. The van der Waals surface area contributed by atoms with E-state index in [2.05, 4.69) is 14.7 Å². The molecule has 0 aromatic carbocycles. The number of pyridine rings is 3. The van der Waals surface area contributed by atoms with E-state index in [-0.39, 0.29) is 5.56 Å². The summed E-state index contributed by atoms with van der Waals surface area (Å²) < 4.78 is 4.88. The number of nitrogens with one attached hydrogen (secondary N) is 2. The fraction of sp³-hybridized carbons (Fsp3) is 0.150. The van der Waals surface area contributed by atoms with Gasteiger partial charge in [-0.1, -0.05) is 6.07 Å². The van der Waals surface area contributed by atoms with Crippen molar-refractivity contribution in [3.63, 3.8) is 0 Å². The molecular weight excluding hydrogens is 358 g/mol. The van der Waals surface area contributed by atoms with Gasteiger partial charge >= 0.3 is 0 Å². The molecule has 0 radical (unpaired) electrons. The lowest BCUT2D eigenvalue weighted by Crippen LogP contribution is -2.16. The average molecular weight is 377 g/mol. The summed E-state index contributed by atoms with van der Waals surface area (Å²) in [4.78, 5) is 25.5. The highest BCUT2D eigenvalue weighted by atomic mass is 32.2. The number of fused-ring (bicyclic) bond motifs is 1. The van der Waals surface area contributed by atoms with Gasteiger partial charge in [-0.3, -0.25) is 9.78 Å². The first kappa shape index (κ1) is 17.4. The quantitative estimate of drug-likeness (QED) is 0.525. The molecule has 4 aromatic rings. The van der Waals surface area contributed by atoms with E-state index >= 15 is 0 Å². The summed E-state index contributed by atoms with van der Waals surface area (Å²) in [5, 5.41) is 0.876. The second kappa shape index (κ2) is 6.92. The first-order valence-corrected chi connectivity index (χ1v) is 9.35. The van der Waals surface area contributed by atoms with Crippen LogP contribution in [0.1, 0.15) is 11.3 Å². The molecule has 0 fully saturated rings. The van der Waals surface area contributed by atoms with Gasteiger partial charge in [0.2, 0.25) is 0 Å². The Hall–Kier alpha value is -3.06. The second-order valence-corrected chi connectivity index (χ2v) is 7.23. The van der Waals surface area contributed by atoms with Gasteiger partial charge < -0.3 is 14.3 Å². The van der Waals surface area contributed by atoms with Crippen LogP contribution < -0.4 is 10.3 Å². The predicted octanol–water partition coefficient (Wildman–Crippen LogP) is 4.06. The lowest BCUT2D eigenvalue weighted by atomic mass is 10.1. The SMILES string of the molecule is Cc1ccc(NSc2cccnc2C)nc1-c1cn(C)c(=O)c2[nH]ccc12. The van der Waals surface area contributed by atoms with E-state index in [0.29, 0.717) is 5.52 Å². The third kappa shape index (κ3) is 3.21. The second-order valence-electron chi connectivity index (χ2n) is 6.38. The van der Waals surface area contributed by atoms with Gasteiger partial charge in [-0.15, -0.1) is 0 Å². The number of aromatic amines is 1. The lowest BCUT2D eigenvalue weighted by Gasteiger charge is -2.12. The molecule has 0 atom stereocenters. The van der Waals surface area contributed by atoms with Gasteiger partial charge in [-0.2, -0.15) is 0 Å². The Morgan fingerprint density at radius 3 is 2.85 bits per heavy atom. The van der Waals surface area contributed by atoms with Crippen LogP contribution in [-0.4, -0.2) is 19.5 Å². The maximum Gasteiger partial charge on any atom is 0.274 e. The molecule has 6 nitrogen and oxygen atoms in total. The van der Waals surface area contributed by atoms with E-state index in [1.165, 1.54) is 11.9 Å². The third-order valence-corrected chi connectivity index (χ3v) is 5.43. The van der Waals surface area contributed by atoms with Gasteiger partial charge in [0.1, 0.15) is 11.3 Å². The maximum atomic E-state index is 12.3. The fourth-order valence-electron chi connectivity index (χ4n) is 3.00. The molecule has 136 valence electrons. The van der Waals surface area contributed by atoms with Crippen LogP contribution in [0.15, 0.2) is 58.6 Å². The molecule has 4 aromatic heterocycles. The molecule has 0 saturated heterocycles. The van der Waals surface area contributed by atoms with Crippen LogP contribution in [0.3, 0.4) is 0 Å². The highest BCUT2D eigenvalue weighted by molar-refractivity contribution is 8.00. The van der Waals surface area contributed by atoms with Crippen LogP contribution in [0.2, 0.25) is 0 Å². The molecule has 4 heterocycles. The Bertz CT molecular complexity index is 1190. The largest absolute Gasteiger partial charge is 0.357 e. The number of anilines is 1. The Balaban J connectivity index is 1.74. The van der Waals surface area contributed by atoms with Crippen molar-refractivity contribution >= 4 is 28.7 Å². The van der Waals surface area contributed by atoms with Crippen molar-refractivity contribution in [3.05, 3.63) is 70.5 Å². The third-order valence-electron chi connectivity index (χ3n) is 4.47. The molecule has 7 heteroatoms. The predicted molar refractivity (Wildman–Crippen MR) is 110 cm³/mol. The van der Waals surface area contributed by atoms with Crippen LogP contribution in [0, 0.1) is 13.8 Å². The average Bonchev–Trinajstić information content (AvgIpc) is 3.15. The Morgan fingerprint density at radius 2 is 2.04 bits per heavy atom. The lowest BCUT2D eigenvalue weighted by molar-refractivity contribution is 0.871. The normalized spacial score (nSPS) is 11.1. The summed E-state index contributed by atoms with van der Waals surface area (Å²) in [6.07, 6.45) is 5.41. The van der Waals surface area contributed by atoms with Crippen LogP contribution in [-0.2, 0) is 7.05 Å². The number of rotatable bonds is 4. The summed E-state index contributed by atoms with van der Waals surface area (Å²) in [5.74, 6) is 0.751. The van der Waals surface area contributed by atoms with E-state index in [4.69, 9.17) is 4.98 Å². The van der Waals surface area contributed by atoms with Crippen molar-refractivity contribution < 1.29 is 0 Å². The maximum absolute atomic E-state index is 12.3. The Morgan fingerprint density at radius 1 is 1.19 bits per heavy atom. The van der Waals surface area contributed by atoms with Crippen LogP contribution in [0.5, 0.6) is 0 Å². The summed E-state index contributed by atoms with van der Waals surface area (Å²) in [6, 6.07) is 9.84. The minimum absolute atomic E-state index is 0.0479. The number of aromatic nitrogens is 4. The smallest absolute Gasteiger partial charge is 0.274 e. The van der Waals surface area contributed by atoms with E-state index in [1.54, 1.807) is 24.0 Å². The van der Waals surface area contributed by atoms with Gasteiger partial charge in [-0.05, 0) is 55.6 Å². The topological polar surface area (TPSA) is 75.6 Å². The molecule has 0 aliphatic carbocycles. The van der Waals surface area contributed by atoms with E-state index in [9.17, 15) is 4.79 Å². The monoisotopic (exact) mass is 377 g/mol. The first-order chi connectivity index (χ1) is 13.0. The van der Waals surface area contributed by atoms with Crippen molar-refractivity contribution in [2.45, 2.75) is 18.7 Å². The Labute approximate surface area is 160 Å². The van der Waals surface area contributed by atoms with Gasteiger partial charge in [0.05, 0.1) is 11.4 Å². The standard InChI is InChI=1S/C20H19N5OS/c1-12-6-7-17(24-27-16-5-4-9-21-13(16)2)23-18(12)15-11-25(3)20(26)19-14(15)8-10-22-19/h4-11,22H,1-3H3,(H,23,24). The van der Waals surface area contributed by atoms with Crippen LogP contribution >= 0.6 is 11.9 Å². The molecule has 0 spiro atoms. The van der Waals surface area contributed by atoms with E-state index < -0.39 is 0 Å². The van der Waals surface area contributed by atoms with E-state index in [0.717, 1.165) is 38.6 Å². The fourth-order valence-corrected chi connectivity index (χ4v) is 3.68. The molecule has 0 aliphatic heterocycles. The van der Waals surface area contributed by atoms with Crippen molar-refractivity contribution in [2.75, 3.05) is 4.72 Å². The molecule has 0 bridgehead atoms. The number of nitrogens with zero attached hydrogens (tertiary/aromatic N) is 3. The van der Waals surface area contributed by atoms with Gasteiger partial charge in [0, 0.05) is 41.5 Å². The van der Waals surface area contributed by atoms with Crippen molar-refractivity contribution in [3.8, 4) is 11.3 Å². The number of hydrogen-bond donors (Lipinski definition) is 2. The van der Waals surface area contributed by atoms with Gasteiger partial charge in [-0.25, -0.2) is 4.98 Å². The highest BCUT2D eigenvalue weighted by Gasteiger charge is 2.14. The minimum Gasteiger partial charge on any atom is -0.357 e. The molecule has 0 aliphatic rings. The van der Waals surface area contributed by atoms with Crippen LogP contribution in [0.4, 0.5) is 5.82 Å². The molecule has 0 saturated carbocycles. The summed E-state index contributed by atoms with van der Waals surface area (Å²) in [7, 11) is 1.75. The molecule has 2 N–H and O–H groups in total. The zero-order chi connectivity index (χ0) is 19.0. The highest BCUT2D eigenvalue weighted by Crippen LogP contribution is 2.30. The molecule has 27 heavy (non-hydrogen) atoms. The van der Waals surface area contributed by atoms with Crippen molar-refractivity contribution in [1.29, 1.82) is 0 Å². The Kier molecular flexibility index (Phi) is 4.45. The summed E-state index contributed by atoms with van der Waals surface area (Å²) in [5.41, 5.74) is 4.34. The van der Waals surface area contributed by atoms with Crippen molar-refractivity contribution in [2.24, 2.45) is 7.05 Å². The molecule has 4 rings (SSSR count). The molecule has 0 amide bonds. The molecular formula is C20H19N5OS. The zero-order valence-electron chi connectivity index (χ0n) is 15.3. The minimum atomic E-state index is -0.0479. The van der Waals surface area contributed by atoms with E-state index in [1.807, 2.05) is 50.4 Å². The zero-order valence-corrected chi connectivity index (χ0v) is 16.1. The van der Waals surface area contributed by atoms with Gasteiger partial charge in [0.15, 0.2) is 0 Å². The van der Waals surface area contributed by atoms with Gasteiger partial charge in [0.25, 0.3) is 5.56 Å². The number of hydrogen-bond acceptors (Lipinski definition) is 5. The summed E-state index contributed by atoms with van der Waals surface area (Å²) in [6.45, 7) is 4.00. The van der Waals surface area contributed by atoms with Crippen molar-refractivity contribution in [1.82, 2.24) is 19.5 Å². The summed E-state index contributed by atoms with van der Waals surface area (Å²) >= 11 is 1.48. The number of aryl methyl sites for hydroxylation is 3. The van der Waals surface area contributed by atoms with Crippen LogP contribution in [0.25, 0.3) is 22.2 Å². The first-order valence-electron chi connectivity index (χ1n) is 8.54.